The molecule has 0 aliphatic heterocycles. The Kier molecular flexibility index (Phi) is 4.90. The highest BCUT2D eigenvalue weighted by molar-refractivity contribution is 5.96. The Morgan fingerprint density at radius 1 is 1.26 bits per heavy atom. The molecule has 0 N–H and O–H groups in total. The molecule has 7 nitrogen and oxygen atoms in total. The summed E-state index contributed by atoms with van der Waals surface area (Å²) in [4.78, 5) is 28.1. The van der Waals surface area contributed by atoms with E-state index in [4.69, 9.17) is 4.74 Å². The van der Waals surface area contributed by atoms with E-state index in [9.17, 15) is 14.9 Å². The number of carbonyl (C=O) groups is 1. The molecule has 23 heavy (non-hydrogen) atoms. The van der Waals surface area contributed by atoms with Crippen LogP contribution in [0, 0.1) is 17.0 Å². The minimum Gasteiger partial charge on any atom is -0.473 e. The van der Waals surface area contributed by atoms with E-state index in [2.05, 4.69) is 4.98 Å². The Labute approximate surface area is 133 Å². The van der Waals surface area contributed by atoms with Crippen LogP contribution in [0.3, 0.4) is 0 Å². The van der Waals surface area contributed by atoms with Gasteiger partial charge in [0.2, 0.25) is 5.75 Å². The minimum atomic E-state index is -0.886. The van der Waals surface area contributed by atoms with E-state index >= 15 is 0 Å². The third-order valence-electron chi connectivity index (χ3n) is 3.28. The van der Waals surface area contributed by atoms with Crippen molar-refractivity contribution in [2.45, 2.75) is 20.0 Å². The van der Waals surface area contributed by atoms with E-state index in [0.29, 0.717) is 11.4 Å². The topological polar surface area (TPSA) is 85.6 Å². The highest BCUT2D eigenvalue weighted by Gasteiger charge is 2.25. The van der Waals surface area contributed by atoms with Gasteiger partial charge in [0.1, 0.15) is 5.69 Å². The molecule has 0 unspecified atom stereocenters. The van der Waals surface area contributed by atoms with Gasteiger partial charge in [-0.25, -0.2) is 0 Å². The molecule has 120 valence electrons. The first-order valence-corrected chi connectivity index (χ1v) is 7.01. The van der Waals surface area contributed by atoms with Gasteiger partial charge in [-0.2, -0.15) is 0 Å². The fraction of sp³-hybridized carbons (Fsp3) is 0.250. The van der Waals surface area contributed by atoms with Crippen molar-refractivity contribution in [2.75, 3.05) is 11.9 Å². The number of nitro groups is 1. The average molecular weight is 315 g/mol. The molecule has 1 amide bonds. The van der Waals surface area contributed by atoms with Gasteiger partial charge in [-0.1, -0.05) is 18.2 Å². The summed E-state index contributed by atoms with van der Waals surface area (Å²) < 4.78 is 5.47. The predicted octanol–water partition coefficient (Wildman–Crippen LogP) is 2.73. The van der Waals surface area contributed by atoms with Crippen molar-refractivity contribution in [3.05, 3.63) is 58.3 Å². The molecule has 0 radical (unpaired) electrons. The number of anilines is 1. The maximum atomic E-state index is 12.4. The summed E-state index contributed by atoms with van der Waals surface area (Å²) in [5.74, 6) is -0.735. The molecule has 1 aromatic heterocycles. The zero-order valence-electron chi connectivity index (χ0n) is 13.1. The van der Waals surface area contributed by atoms with Gasteiger partial charge in [0, 0.05) is 19.7 Å². The number of ether oxygens (including phenoxy) is 1. The standard InChI is InChI=1S/C16H17N3O4/c1-11-9-10-14(15(17-11)19(21)22)23-12(2)16(20)18(3)13-7-5-4-6-8-13/h4-10,12H,1-3H3/t12-/m1/s1. The van der Waals surface area contributed by atoms with Crippen molar-refractivity contribution >= 4 is 17.4 Å². The van der Waals surface area contributed by atoms with E-state index in [1.54, 1.807) is 39.1 Å². The first kappa shape index (κ1) is 16.4. The Balaban J connectivity index is 2.17. The fourth-order valence-corrected chi connectivity index (χ4v) is 2.05. The lowest BCUT2D eigenvalue weighted by molar-refractivity contribution is -0.390. The van der Waals surface area contributed by atoms with Crippen LogP contribution >= 0.6 is 0 Å². The number of carbonyl (C=O) groups excluding carboxylic acids is 1. The van der Waals surface area contributed by atoms with Gasteiger partial charge in [0.25, 0.3) is 5.91 Å². The summed E-state index contributed by atoms with van der Waals surface area (Å²) in [6.45, 7) is 3.19. The molecule has 7 heteroatoms. The Morgan fingerprint density at radius 2 is 1.91 bits per heavy atom. The number of aromatic nitrogens is 1. The maximum Gasteiger partial charge on any atom is 0.406 e. The highest BCUT2D eigenvalue weighted by Crippen LogP contribution is 2.26. The first-order chi connectivity index (χ1) is 10.9. The molecule has 2 aromatic rings. The Bertz CT molecular complexity index is 719. The van der Waals surface area contributed by atoms with Crippen LogP contribution in [0.2, 0.25) is 0 Å². The Hall–Kier alpha value is -2.96. The van der Waals surface area contributed by atoms with Crippen molar-refractivity contribution < 1.29 is 14.5 Å². The molecule has 1 heterocycles. The number of rotatable bonds is 5. The van der Waals surface area contributed by atoms with Crippen molar-refractivity contribution in [3.63, 3.8) is 0 Å². The molecule has 0 aliphatic rings. The summed E-state index contributed by atoms with van der Waals surface area (Å²) in [6, 6.07) is 12.1. The molecule has 2 rings (SSSR count). The number of aryl methyl sites for hydroxylation is 1. The second-order valence-corrected chi connectivity index (χ2v) is 5.02. The molecule has 1 atom stereocenters. The molecule has 0 saturated carbocycles. The summed E-state index contributed by atoms with van der Waals surface area (Å²) >= 11 is 0. The van der Waals surface area contributed by atoms with Crippen LogP contribution in [0.25, 0.3) is 0 Å². The van der Waals surface area contributed by atoms with Crippen molar-refractivity contribution in [2.24, 2.45) is 0 Å². The highest BCUT2D eigenvalue weighted by atomic mass is 16.6. The smallest absolute Gasteiger partial charge is 0.406 e. The van der Waals surface area contributed by atoms with E-state index in [-0.39, 0.29) is 11.7 Å². The van der Waals surface area contributed by atoms with Gasteiger partial charge >= 0.3 is 5.82 Å². The van der Waals surface area contributed by atoms with Crippen LogP contribution in [-0.4, -0.2) is 29.0 Å². The number of benzene rings is 1. The van der Waals surface area contributed by atoms with Gasteiger partial charge in [-0.15, -0.1) is 0 Å². The zero-order valence-corrected chi connectivity index (χ0v) is 13.1. The van der Waals surface area contributed by atoms with Crippen LogP contribution in [0.15, 0.2) is 42.5 Å². The van der Waals surface area contributed by atoms with E-state index < -0.39 is 16.8 Å². The van der Waals surface area contributed by atoms with Gasteiger partial charge in [0.05, 0.1) is 0 Å². The number of hydrogen-bond acceptors (Lipinski definition) is 5. The number of nitrogens with zero attached hydrogens (tertiary/aromatic N) is 3. The molecule has 0 spiro atoms. The predicted molar refractivity (Wildman–Crippen MR) is 85.6 cm³/mol. The van der Waals surface area contributed by atoms with Gasteiger partial charge in [-0.05, 0) is 41.1 Å². The average Bonchev–Trinajstić information content (AvgIpc) is 2.55. The molecular weight excluding hydrogens is 298 g/mol. The Morgan fingerprint density at radius 3 is 2.52 bits per heavy atom. The first-order valence-electron chi connectivity index (χ1n) is 7.01. The van der Waals surface area contributed by atoms with Crippen LogP contribution < -0.4 is 9.64 Å². The summed E-state index contributed by atoms with van der Waals surface area (Å²) in [7, 11) is 1.62. The number of likely N-dealkylation sites (N-methyl/N-ethyl adjacent to an activating group) is 1. The molecular formula is C16H17N3O4. The minimum absolute atomic E-state index is 0.0251. The van der Waals surface area contributed by atoms with Crippen LogP contribution in [0.4, 0.5) is 11.5 Å². The fourth-order valence-electron chi connectivity index (χ4n) is 2.05. The van der Waals surface area contributed by atoms with Crippen LogP contribution in [-0.2, 0) is 4.79 Å². The lowest BCUT2D eigenvalue weighted by Gasteiger charge is -2.22. The van der Waals surface area contributed by atoms with Crippen LogP contribution in [0.1, 0.15) is 12.6 Å². The van der Waals surface area contributed by atoms with Gasteiger partial charge in [0.15, 0.2) is 6.10 Å². The zero-order chi connectivity index (χ0) is 17.0. The van der Waals surface area contributed by atoms with E-state index in [0.717, 1.165) is 0 Å². The lowest BCUT2D eigenvalue weighted by atomic mass is 10.2. The monoisotopic (exact) mass is 315 g/mol. The quantitative estimate of drug-likeness (QED) is 0.625. The number of pyridine rings is 1. The summed E-state index contributed by atoms with van der Waals surface area (Å²) in [5, 5.41) is 11.0. The summed E-state index contributed by atoms with van der Waals surface area (Å²) in [6.07, 6.45) is -0.886. The van der Waals surface area contributed by atoms with Gasteiger partial charge < -0.3 is 19.8 Å². The normalized spacial score (nSPS) is 11.6. The summed E-state index contributed by atoms with van der Waals surface area (Å²) in [5.41, 5.74) is 1.22. The largest absolute Gasteiger partial charge is 0.473 e. The van der Waals surface area contributed by atoms with Crippen molar-refractivity contribution in [1.82, 2.24) is 4.98 Å². The SMILES string of the molecule is Cc1ccc(O[C@H](C)C(=O)N(C)c2ccccc2)c([N+](=O)[O-])n1. The molecule has 0 bridgehead atoms. The third kappa shape index (κ3) is 3.82. The molecule has 0 fully saturated rings. The molecule has 1 aromatic carbocycles. The van der Waals surface area contributed by atoms with E-state index in [1.807, 2.05) is 18.2 Å². The molecule has 0 aliphatic carbocycles. The molecule has 0 saturated heterocycles. The lowest BCUT2D eigenvalue weighted by Crippen LogP contribution is -2.38. The maximum absolute atomic E-state index is 12.4. The number of para-hydroxylation sites is 1. The van der Waals surface area contributed by atoms with Gasteiger partial charge in [-0.3, -0.25) is 4.79 Å². The number of amides is 1. The third-order valence-corrected chi connectivity index (χ3v) is 3.28. The second-order valence-electron chi connectivity index (χ2n) is 5.02. The number of hydrogen-bond donors (Lipinski definition) is 0. The van der Waals surface area contributed by atoms with Crippen molar-refractivity contribution in [1.29, 1.82) is 0 Å². The van der Waals surface area contributed by atoms with E-state index in [1.165, 1.54) is 11.0 Å². The van der Waals surface area contributed by atoms with Crippen molar-refractivity contribution in [3.8, 4) is 5.75 Å². The second kappa shape index (κ2) is 6.87. The van der Waals surface area contributed by atoms with Crippen LogP contribution in [0.5, 0.6) is 5.75 Å².